The van der Waals surface area contributed by atoms with Crippen LogP contribution in [-0.4, -0.2) is 31.8 Å². The minimum atomic E-state index is -1.07. The summed E-state index contributed by atoms with van der Waals surface area (Å²) in [5.74, 6) is -0.710. The van der Waals surface area contributed by atoms with E-state index in [0.717, 1.165) is 5.56 Å². The Morgan fingerprint density at radius 3 is 2.69 bits per heavy atom. The van der Waals surface area contributed by atoms with Crippen LogP contribution in [0.15, 0.2) is 24.5 Å². The lowest BCUT2D eigenvalue weighted by atomic mass is 10.2. The number of rotatable bonds is 6. The van der Waals surface area contributed by atoms with Crippen LogP contribution in [0.4, 0.5) is 0 Å². The van der Waals surface area contributed by atoms with Crippen LogP contribution in [0.1, 0.15) is 12.5 Å². The Balaban J connectivity index is 2.33. The summed E-state index contributed by atoms with van der Waals surface area (Å²) in [7, 11) is -1.07. The van der Waals surface area contributed by atoms with Crippen molar-refractivity contribution in [2.75, 3.05) is 11.5 Å². The predicted molar refractivity (Wildman–Crippen MR) is 62.6 cm³/mol. The fraction of sp³-hybridized carbons (Fsp3) is 0.455. The monoisotopic (exact) mass is 241 g/mol. The van der Waals surface area contributed by atoms with Crippen molar-refractivity contribution in [1.82, 2.24) is 4.98 Å². The number of aryl methyl sites for hydroxylation is 1. The molecule has 0 saturated carbocycles. The van der Waals surface area contributed by atoms with E-state index >= 15 is 0 Å². The fourth-order valence-corrected chi connectivity index (χ4v) is 2.54. The normalized spacial score (nSPS) is 14.3. The van der Waals surface area contributed by atoms with E-state index in [1.54, 1.807) is 19.3 Å². The first-order chi connectivity index (χ1) is 7.59. The second kappa shape index (κ2) is 6.37. The number of carboxylic acids is 1. The van der Waals surface area contributed by atoms with Crippen molar-refractivity contribution in [2.45, 2.75) is 13.3 Å². The maximum atomic E-state index is 11.6. The lowest BCUT2D eigenvalue weighted by molar-refractivity contribution is -0.140. The number of aliphatic carboxylic acids is 1. The molecule has 5 heteroatoms. The molecule has 1 aromatic heterocycles. The van der Waals surface area contributed by atoms with Crippen LogP contribution < -0.4 is 0 Å². The second-order valence-electron chi connectivity index (χ2n) is 3.66. The molecular weight excluding hydrogens is 226 g/mol. The zero-order chi connectivity index (χ0) is 12.0. The van der Waals surface area contributed by atoms with Crippen molar-refractivity contribution in [3.05, 3.63) is 30.1 Å². The van der Waals surface area contributed by atoms with Crippen molar-refractivity contribution < 1.29 is 14.1 Å². The molecule has 1 rings (SSSR count). The highest BCUT2D eigenvalue weighted by Gasteiger charge is 2.14. The molecule has 0 fully saturated rings. The Labute approximate surface area is 97.2 Å². The topological polar surface area (TPSA) is 67.3 Å². The van der Waals surface area contributed by atoms with Crippen molar-refractivity contribution >= 4 is 16.8 Å². The van der Waals surface area contributed by atoms with E-state index in [1.165, 1.54) is 0 Å². The third-order valence-electron chi connectivity index (χ3n) is 2.23. The summed E-state index contributed by atoms with van der Waals surface area (Å²) >= 11 is 0. The van der Waals surface area contributed by atoms with Gasteiger partial charge in [-0.25, -0.2) is 0 Å². The molecule has 0 aliphatic carbocycles. The molecule has 0 saturated heterocycles. The van der Waals surface area contributed by atoms with Crippen molar-refractivity contribution in [3.63, 3.8) is 0 Å². The van der Waals surface area contributed by atoms with Gasteiger partial charge < -0.3 is 5.11 Å². The van der Waals surface area contributed by atoms with Gasteiger partial charge in [0.2, 0.25) is 0 Å². The van der Waals surface area contributed by atoms with Crippen molar-refractivity contribution in [1.29, 1.82) is 0 Å². The van der Waals surface area contributed by atoms with Gasteiger partial charge in [0.05, 0.1) is 5.92 Å². The number of nitrogens with zero attached hydrogens (tertiary/aromatic N) is 1. The molecule has 16 heavy (non-hydrogen) atoms. The Morgan fingerprint density at radius 1 is 1.50 bits per heavy atom. The summed E-state index contributed by atoms with van der Waals surface area (Å²) in [5.41, 5.74) is 1.08. The van der Waals surface area contributed by atoms with Gasteiger partial charge in [0.15, 0.2) is 0 Å². The quantitative estimate of drug-likeness (QED) is 0.809. The first-order valence-electron chi connectivity index (χ1n) is 5.06. The molecule has 1 N–H and O–H groups in total. The first-order valence-corrected chi connectivity index (χ1v) is 6.55. The van der Waals surface area contributed by atoms with Crippen LogP contribution in [0.5, 0.6) is 0 Å². The van der Waals surface area contributed by atoms with Gasteiger partial charge in [-0.2, -0.15) is 0 Å². The van der Waals surface area contributed by atoms with Gasteiger partial charge >= 0.3 is 5.97 Å². The zero-order valence-corrected chi connectivity index (χ0v) is 9.94. The standard InChI is InChI=1S/C11H15NO3S/c1-9(11(13)14)8-16(15)7-4-10-2-5-12-6-3-10/h2-3,5-6,9H,4,7-8H2,1H3,(H,13,14). The largest absolute Gasteiger partial charge is 0.481 e. The summed E-state index contributed by atoms with van der Waals surface area (Å²) in [6.45, 7) is 1.58. The summed E-state index contributed by atoms with van der Waals surface area (Å²) in [4.78, 5) is 14.5. The first kappa shape index (κ1) is 12.8. The highest BCUT2D eigenvalue weighted by atomic mass is 32.2. The number of carbonyl (C=O) groups is 1. The molecule has 0 amide bonds. The maximum absolute atomic E-state index is 11.6. The van der Waals surface area contributed by atoms with Gasteiger partial charge in [-0.1, -0.05) is 6.92 Å². The van der Waals surface area contributed by atoms with Crippen molar-refractivity contribution in [3.8, 4) is 0 Å². The Kier molecular flexibility index (Phi) is 5.11. The minimum Gasteiger partial charge on any atom is -0.481 e. The van der Waals surface area contributed by atoms with Gasteiger partial charge in [-0.3, -0.25) is 14.0 Å². The van der Waals surface area contributed by atoms with Crippen LogP contribution >= 0.6 is 0 Å². The number of carboxylic acid groups (broad SMARTS) is 1. The molecule has 0 aliphatic rings. The van der Waals surface area contributed by atoms with Gasteiger partial charge in [0.25, 0.3) is 0 Å². The van der Waals surface area contributed by atoms with Crippen LogP contribution in [0.2, 0.25) is 0 Å². The molecule has 2 unspecified atom stereocenters. The van der Waals surface area contributed by atoms with E-state index in [1.807, 2.05) is 12.1 Å². The maximum Gasteiger partial charge on any atom is 0.307 e. The van der Waals surface area contributed by atoms with E-state index in [2.05, 4.69) is 4.98 Å². The lowest BCUT2D eigenvalue weighted by Crippen LogP contribution is -2.19. The van der Waals surface area contributed by atoms with Gasteiger partial charge in [0, 0.05) is 34.7 Å². The molecule has 0 bridgehead atoms. The molecule has 0 aromatic carbocycles. The average Bonchev–Trinajstić information content (AvgIpc) is 2.27. The number of hydrogen-bond acceptors (Lipinski definition) is 3. The van der Waals surface area contributed by atoms with E-state index in [-0.39, 0.29) is 5.75 Å². The predicted octanol–water partition coefficient (Wildman–Crippen LogP) is 1.09. The van der Waals surface area contributed by atoms with E-state index < -0.39 is 22.7 Å². The lowest BCUT2D eigenvalue weighted by Gasteiger charge is -2.05. The van der Waals surface area contributed by atoms with Crippen LogP contribution in [0.3, 0.4) is 0 Å². The summed E-state index contributed by atoms with van der Waals surface area (Å²) in [6, 6.07) is 3.75. The molecule has 2 atom stereocenters. The molecule has 1 heterocycles. The third kappa shape index (κ3) is 4.53. The molecule has 4 nitrogen and oxygen atoms in total. The van der Waals surface area contributed by atoms with E-state index in [4.69, 9.17) is 5.11 Å². The van der Waals surface area contributed by atoms with Crippen molar-refractivity contribution in [2.24, 2.45) is 5.92 Å². The number of pyridine rings is 1. The van der Waals surface area contributed by atoms with Gasteiger partial charge in [-0.05, 0) is 24.1 Å². The van der Waals surface area contributed by atoms with Gasteiger partial charge in [-0.15, -0.1) is 0 Å². The van der Waals surface area contributed by atoms with Crippen LogP contribution in [0, 0.1) is 5.92 Å². The SMILES string of the molecule is CC(CS(=O)CCc1ccncc1)C(=O)O. The summed E-state index contributed by atoms with van der Waals surface area (Å²) in [6.07, 6.45) is 4.08. The molecule has 1 aromatic rings. The Hall–Kier alpha value is -1.23. The molecule has 0 radical (unpaired) electrons. The van der Waals surface area contributed by atoms with E-state index in [9.17, 15) is 9.00 Å². The number of aromatic nitrogens is 1. The Bertz CT molecular complexity index is 367. The molecule has 0 spiro atoms. The smallest absolute Gasteiger partial charge is 0.307 e. The molecular formula is C11H15NO3S. The molecule has 88 valence electrons. The minimum absolute atomic E-state index is 0.223. The highest BCUT2D eigenvalue weighted by molar-refractivity contribution is 7.85. The molecule has 0 aliphatic heterocycles. The average molecular weight is 241 g/mol. The Morgan fingerprint density at radius 2 is 2.12 bits per heavy atom. The van der Waals surface area contributed by atoms with Crippen LogP contribution in [-0.2, 0) is 22.0 Å². The number of hydrogen-bond donors (Lipinski definition) is 1. The summed E-state index contributed by atoms with van der Waals surface area (Å²) in [5, 5.41) is 8.67. The second-order valence-corrected chi connectivity index (χ2v) is 5.28. The zero-order valence-electron chi connectivity index (χ0n) is 9.13. The summed E-state index contributed by atoms with van der Waals surface area (Å²) < 4.78 is 11.6. The highest BCUT2D eigenvalue weighted by Crippen LogP contribution is 2.03. The van der Waals surface area contributed by atoms with Gasteiger partial charge in [0.1, 0.15) is 0 Å². The third-order valence-corrected chi connectivity index (χ3v) is 3.76. The van der Waals surface area contributed by atoms with E-state index in [0.29, 0.717) is 12.2 Å². The van der Waals surface area contributed by atoms with Crippen LogP contribution in [0.25, 0.3) is 0 Å². The fourth-order valence-electron chi connectivity index (χ4n) is 1.21.